The third kappa shape index (κ3) is 3.24. The fraction of sp³-hybridized carbons (Fsp3) is 0.375. The van der Waals surface area contributed by atoms with Gasteiger partial charge < -0.3 is 9.72 Å². The molecule has 7 heteroatoms. The summed E-state index contributed by atoms with van der Waals surface area (Å²) >= 11 is 0. The van der Waals surface area contributed by atoms with Gasteiger partial charge in [0.05, 0.1) is 6.61 Å². The van der Waals surface area contributed by atoms with Gasteiger partial charge in [0.2, 0.25) is 0 Å². The van der Waals surface area contributed by atoms with Crippen LogP contribution in [0.15, 0.2) is 17.2 Å². The number of hydrogen-bond donors (Lipinski definition) is 1. The Morgan fingerprint density at radius 2 is 2.27 bits per heavy atom. The van der Waals surface area contributed by atoms with E-state index in [1.165, 1.54) is 0 Å². The van der Waals surface area contributed by atoms with E-state index in [-0.39, 0.29) is 10.6 Å². The number of hydrogen-bond acceptors (Lipinski definition) is 4. The van der Waals surface area contributed by atoms with Crippen LogP contribution in [0.4, 0.5) is 0 Å². The molecule has 84 valence electrons. The number of carbonyl (C=O) groups is 1. The highest BCUT2D eigenvalue weighted by molar-refractivity contribution is 8.13. The van der Waals surface area contributed by atoms with Gasteiger partial charge in [-0.15, -0.1) is 0 Å². The van der Waals surface area contributed by atoms with Gasteiger partial charge in [-0.25, -0.2) is 13.2 Å². The molecular weight excluding hydrogens is 242 g/mol. The molecule has 0 aliphatic carbocycles. The fourth-order valence-corrected chi connectivity index (χ4v) is 1.63. The molecule has 5 nitrogen and oxygen atoms in total. The Labute approximate surface area is 91.8 Å². The molecule has 15 heavy (non-hydrogen) atoms. The normalized spacial score (nSPS) is 11.3. The van der Waals surface area contributed by atoms with E-state index in [0.717, 1.165) is 12.3 Å². The molecule has 0 amide bonds. The molecule has 0 unspecified atom stereocenters. The van der Waals surface area contributed by atoms with Crippen LogP contribution in [0.3, 0.4) is 0 Å². The molecule has 0 aliphatic rings. The van der Waals surface area contributed by atoms with Crippen LogP contribution in [-0.2, 0) is 13.8 Å². The van der Waals surface area contributed by atoms with Crippen LogP contribution in [0.5, 0.6) is 0 Å². The summed E-state index contributed by atoms with van der Waals surface area (Å²) in [6, 6.07) is 1.14. The summed E-state index contributed by atoms with van der Waals surface area (Å²) in [6.45, 7) is 2.15. The van der Waals surface area contributed by atoms with Crippen LogP contribution in [0.25, 0.3) is 0 Å². The first-order valence-electron chi connectivity index (χ1n) is 4.25. The lowest BCUT2D eigenvalue weighted by Crippen LogP contribution is -2.05. The monoisotopic (exact) mass is 251 g/mol. The lowest BCUT2D eigenvalue weighted by Gasteiger charge is -1.99. The zero-order chi connectivity index (χ0) is 11.5. The number of aromatic nitrogens is 1. The Balaban J connectivity index is 2.81. The average molecular weight is 252 g/mol. The van der Waals surface area contributed by atoms with Gasteiger partial charge in [-0.2, -0.15) is 0 Å². The first-order valence-corrected chi connectivity index (χ1v) is 6.56. The number of aromatic amines is 1. The summed E-state index contributed by atoms with van der Waals surface area (Å²) in [5, 5.41) is 0. The molecule has 1 aromatic heterocycles. The van der Waals surface area contributed by atoms with E-state index in [1.807, 2.05) is 6.92 Å². The van der Waals surface area contributed by atoms with Crippen LogP contribution in [0.1, 0.15) is 23.8 Å². The minimum Gasteiger partial charge on any atom is -0.461 e. The summed E-state index contributed by atoms with van der Waals surface area (Å²) in [6.07, 6.45) is 1.85. The van der Waals surface area contributed by atoms with Crippen LogP contribution < -0.4 is 0 Å². The lowest BCUT2D eigenvalue weighted by molar-refractivity contribution is 0.0499. The second kappa shape index (κ2) is 4.67. The van der Waals surface area contributed by atoms with Gasteiger partial charge in [-0.05, 0) is 12.5 Å². The molecule has 0 fully saturated rings. The van der Waals surface area contributed by atoms with E-state index in [1.54, 1.807) is 0 Å². The third-order valence-corrected chi connectivity index (χ3v) is 2.93. The van der Waals surface area contributed by atoms with Crippen LogP contribution >= 0.6 is 10.7 Å². The van der Waals surface area contributed by atoms with E-state index < -0.39 is 15.0 Å². The van der Waals surface area contributed by atoms with Crippen molar-refractivity contribution in [3.63, 3.8) is 0 Å². The van der Waals surface area contributed by atoms with E-state index in [9.17, 15) is 13.2 Å². The molecule has 0 saturated heterocycles. The number of halogens is 1. The topological polar surface area (TPSA) is 76.2 Å². The number of carbonyl (C=O) groups excluding carboxylic acids is 1. The predicted octanol–water partition coefficient (Wildman–Crippen LogP) is 1.51. The molecule has 0 saturated carbocycles. The summed E-state index contributed by atoms with van der Waals surface area (Å²) in [5.74, 6) is -0.594. The molecule has 0 spiro atoms. The Morgan fingerprint density at radius 3 is 2.73 bits per heavy atom. The zero-order valence-corrected chi connectivity index (χ0v) is 9.56. The smallest absolute Gasteiger partial charge is 0.354 e. The Kier molecular flexibility index (Phi) is 3.76. The highest BCUT2D eigenvalue weighted by Gasteiger charge is 2.16. The van der Waals surface area contributed by atoms with Gasteiger partial charge in [0, 0.05) is 16.9 Å². The fourth-order valence-electron chi connectivity index (χ4n) is 0.906. The zero-order valence-electron chi connectivity index (χ0n) is 7.99. The first-order chi connectivity index (χ1) is 6.95. The number of nitrogens with one attached hydrogen (secondary N) is 1. The first kappa shape index (κ1) is 12.1. The second-order valence-electron chi connectivity index (χ2n) is 2.82. The van der Waals surface area contributed by atoms with Crippen molar-refractivity contribution in [2.75, 3.05) is 6.61 Å². The van der Waals surface area contributed by atoms with Crippen molar-refractivity contribution in [2.24, 2.45) is 0 Å². The summed E-state index contributed by atoms with van der Waals surface area (Å²) in [7, 11) is 1.28. The Bertz CT molecular complexity index is 451. The van der Waals surface area contributed by atoms with Crippen LogP contribution in [0, 0.1) is 0 Å². The minimum atomic E-state index is -3.80. The molecule has 0 radical (unpaired) electrons. The average Bonchev–Trinajstić information content (AvgIpc) is 2.62. The quantitative estimate of drug-likeness (QED) is 0.650. The van der Waals surface area contributed by atoms with Gasteiger partial charge in [0.1, 0.15) is 10.6 Å². The minimum absolute atomic E-state index is 0.0719. The Hall–Kier alpha value is -1.01. The second-order valence-corrected chi connectivity index (χ2v) is 5.39. The lowest BCUT2D eigenvalue weighted by atomic mass is 10.4. The molecule has 0 aliphatic heterocycles. The van der Waals surface area contributed by atoms with Crippen molar-refractivity contribution >= 4 is 25.7 Å². The van der Waals surface area contributed by atoms with E-state index >= 15 is 0 Å². The van der Waals surface area contributed by atoms with Gasteiger partial charge >= 0.3 is 5.97 Å². The summed E-state index contributed by atoms with van der Waals surface area (Å²) in [5.41, 5.74) is 0.0719. The maximum absolute atomic E-state index is 11.3. The molecule has 0 bridgehead atoms. The van der Waals surface area contributed by atoms with Crippen molar-refractivity contribution in [2.45, 2.75) is 18.2 Å². The van der Waals surface area contributed by atoms with Crippen molar-refractivity contribution < 1.29 is 17.9 Å². The van der Waals surface area contributed by atoms with Gasteiger partial charge in [0.15, 0.2) is 0 Å². The summed E-state index contributed by atoms with van der Waals surface area (Å²) in [4.78, 5) is 13.6. The van der Waals surface area contributed by atoms with Crippen LogP contribution in [0.2, 0.25) is 0 Å². The summed E-state index contributed by atoms with van der Waals surface area (Å²) < 4.78 is 26.5. The molecule has 1 aromatic rings. The predicted molar refractivity (Wildman–Crippen MR) is 54.4 cm³/mol. The number of rotatable bonds is 4. The standard InChI is InChI=1S/C8H10ClNO4S/c1-2-3-14-8(11)7-4-6(5-10-7)15(9,12)13/h4-5,10H,2-3H2,1H3. The highest BCUT2D eigenvalue weighted by Crippen LogP contribution is 2.16. The van der Waals surface area contributed by atoms with Crippen molar-refractivity contribution in [1.82, 2.24) is 4.98 Å². The van der Waals surface area contributed by atoms with Gasteiger partial charge in [0.25, 0.3) is 9.05 Å². The molecule has 1 heterocycles. The van der Waals surface area contributed by atoms with Gasteiger partial charge in [-0.1, -0.05) is 6.92 Å². The molecule has 0 aromatic carbocycles. The van der Waals surface area contributed by atoms with E-state index in [2.05, 4.69) is 4.98 Å². The SMILES string of the molecule is CCCOC(=O)c1cc(S(=O)(=O)Cl)c[nH]1. The van der Waals surface area contributed by atoms with E-state index in [0.29, 0.717) is 13.0 Å². The molecular formula is C8H10ClNO4S. The third-order valence-electron chi connectivity index (χ3n) is 1.60. The maximum Gasteiger partial charge on any atom is 0.354 e. The molecule has 0 atom stereocenters. The number of H-pyrrole nitrogens is 1. The highest BCUT2D eigenvalue weighted by atomic mass is 35.7. The number of ether oxygens (including phenoxy) is 1. The van der Waals surface area contributed by atoms with Crippen molar-refractivity contribution in [1.29, 1.82) is 0 Å². The van der Waals surface area contributed by atoms with E-state index in [4.69, 9.17) is 15.4 Å². The largest absolute Gasteiger partial charge is 0.461 e. The van der Waals surface area contributed by atoms with Crippen molar-refractivity contribution in [3.05, 3.63) is 18.0 Å². The molecule has 1 rings (SSSR count). The van der Waals surface area contributed by atoms with Gasteiger partial charge in [-0.3, -0.25) is 0 Å². The Morgan fingerprint density at radius 1 is 1.60 bits per heavy atom. The van der Waals surface area contributed by atoms with Crippen LogP contribution in [-0.4, -0.2) is 26.0 Å². The maximum atomic E-state index is 11.3. The molecule has 1 N–H and O–H groups in total. The van der Waals surface area contributed by atoms with Crippen molar-refractivity contribution in [3.8, 4) is 0 Å². The number of esters is 1.